The van der Waals surface area contributed by atoms with Crippen molar-refractivity contribution in [3.05, 3.63) is 37.5 Å². The third-order valence-electron chi connectivity index (χ3n) is 5.73. The van der Waals surface area contributed by atoms with Crippen LogP contribution in [0.15, 0.2) is 37.5 Å². The van der Waals surface area contributed by atoms with Crippen molar-refractivity contribution in [2.24, 2.45) is 11.8 Å². The third kappa shape index (κ3) is 6.55. The second-order valence-electron chi connectivity index (χ2n) is 8.98. The molecule has 0 N–H and O–H groups in total. The molecule has 0 saturated heterocycles. The molecule has 0 aromatic carbocycles. The summed E-state index contributed by atoms with van der Waals surface area (Å²) in [6.07, 6.45) is 10.9. The fourth-order valence-electron chi connectivity index (χ4n) is 3.13. The van der Waals surface area contributed by atoms with Crippen LogP contribution in [0.2, 0.25) is 18.1 Å². The summed E-state index contributed by atoms with van der Waals surface area (Å²) in [6, 6.07) is 0. The van der Waals surface area contributed by atoms with Gasteiger partial charge in [0.15, 0.2) is 8.32 Å². The minimum absolute atomic E-state index is 0.0307. The molecule has 1 rings (SSSR count). The highest BCUT2D eigenvalue weighted by Gasteiger charge is 2.42. The molecule has 0 aliphatic heterocycles. The highest BCUT2D eigenvalue weighted by molar-refractivity contribution is 6.74. The Balaban J connectivity index is 2.93. The molecule has 4 atom stereocenters. The summed E-state index contributed by atoms with van der Waals surface area (Å²) in [7, 11) is -1.92. The summed E-state index contributed by atoms with van der Waals surface area (Å²) in [5, 5.41) is 0.135. The number of ether oxygens (including phenoxy) is 1. The molecule has 4 heteroatoms. The van der Waals surface area contributed by atoms with Crippen LogP contribution in [-0.4, -0.2) is 26.5 Å². The molecule has 0 amide bonds. The first-order chi connectivity index (χ1) is 12.0. The standard InChI is InChI=1S/C22H38O3Si/c1-9-12-17(3)24-21(23)16-19-18(13-10-2)14-11-15-20(19)25-26(7,8)22(4,5)6/h9-11,15,17-20H,1-2,12-14,16H2,3-8H3/t17-,18-,19+,20-/m0/s1. The van der Waals surface area contributed by atoms with Crippen molar-refractivity contribution in [2.45, 2.75) is 83.7 Å². The Kier molecular flexibility index (Phi) is 8.55. The van der Waals surface area contributed by atoms with E-state index in [-0.39, 0.29) is 29.1 Å². The lowest BCUT2D eigenvalue weighted by molar-refractivity contribution is -0.150. The normalized spacial score (nSPS) is 24.8. The minimum Gasteiger partial charge on any atom is -0.462 e. The number of hydrogen-bond acceptors (Lipinski definition) is 3. The van der Waals surface area contributed by atoms with Crippen molar-refractivity contribution in [1.29, 1.82) is 0 Å². The van der Waals surface area contributed by atoms with Crippen LogP contribution in [0.1, 0.15) is 53.4 Å². The number of esters is 1. The summed E-state index contributed by atoms with van der Waals surface area (Å²) in [5.41, 5.74) is 0. The van der Waals surface area contributed by atoms with Crippen LogP contribution in [0.25, 0.3) is 0 Å². The number of rotatable bonds is 9. The summed E-state index contributed by atoms with van der Waals surface area (Å²) >= 11 is 0. The van der Waals surface area contributed by atoms with Crippen molar-refractivity contribution < 1.29 is 14.0 Å². The highest BCUT2D eigenvalue weighted by Crippen LogP contribution is 2.41. The second-order valence-corrected chi connectivity index (χ2v) is 13.7. The minimum atomic E-state index is -1.92. The lowest BCUT2D eigenvalue weighted by Gasteiger charge is -2.43. The fraction of sp³-hybridized carbons (Fsp3) is 0.682. The molecule has 0 bridgehead atoms. The third-order valence-corrected chi connectivity index (χ3v) is 10.2. The molecule has 1 aliphatic carbocycles. The zero-order valence-corrected chi connectivity index (χ0v) is 18.6. The van der Waals surface area contributed by atoms with Gasteiger partial charge < -0.3 is 9.16 Å². The molecule has 0 fully saturated rings. The molecule has 1 aliphatic rings. The van der Waals surface area contributed by atoms with Gasteiger partial charge in [0.1, 0.15) is 6.10 Å². The molecule has 0 heterocycles. The first kappa shape index (κ1) is 22.9. The molecule has 0 unspecified atom stereocenters. The summed E-state index contributed by atoms with van der Waals surface area (Å²) in [5.74, 6) is 0.364. The molecule has 26 heavy (non-hydrogen) atoms. The van der Waals surface area contributed by atoms with Gasteiger partial charge in [0.2, 0.25) is 0 Å². The van der Waals surface area contributed by atoms with E-state index in [2.05, 4.69) is 59.2 Å². The van der Waals surface area contributed by atoms with Gasteiger partial charge in [0.05, 0.1) is 12.5 Å². The van der Waals surface area contributed by atoms with Gasteiger partial charge in [-0.15, -0.1) is 13.2 Å². The van der Waals surface area contributed by atoms with Gasteiger partial charge in [-0.3, -0.25) is 4.79 Å². The number of allylic oxidation sites excluding steroid dienone is 2. The van der Waals surface area contributed by atoms with Crippen molar-refractivity contribution in [3.63, 3.8) is 0 Å². The van der Waals surface area contributed by atoms with E-state index in [1.54, 1.807) is 6.08 Å². The SMILES string of the molecule is C=CC[C@H]1CC=C[C@H](O[Si](C)(C)C(C)(C)C)[C@@H]1CC(=O)O[C@@H](C)CC=C. The van der Waals surface area contributed by atoms with Crippen LogP contribution in [0, 0.1) is 11.8 Å². The molecule has 3 nitrogen and oxygen atoms in total. The smallest absolute Gasteiger partial charge is 0.306 e. The van der Waals surface area contributed by atoms with Gasteiger partial charge in [0.25, 0.3) is 0 Å². The first-order valence-corrected chi connectivity index (χ1v) is 12.7. The van der Waals surface area contributed by atoms with E-state index in [4.69, 9.17) is 9.16 Å². The molecular formula is C22H38O3Si. The van der Waals surface area contributed by atoms with E-state index < -0.39 is 8.32 Å². The molecule has 148 valence electrons. The van der Waals surface area contributed by atoms with Gasteiger partial charge in [-0.2, -0.15) is 0 Å². The van der Waals surface area contributed by atoms with E-state index in [0.29, 0.717) is 18.8 Å². The van der Waals surface area contributed by atoms with Gasteiger partial charge in [-0.25, -0.2) is 0 Å². The maximum absolute atomic E-state index is 12.5. The summed E-state index contributed by atoms with van der Waals surface area (Å²) < 4.78 is 12.2. The zero-order valence-electron chi connectivity index (χ0n) is 17.6. The molecule has 0 radical (unpaired) electrons. The maximum Gasteiger partial charge on any atom is 0.306 e. The van der Waals surface area contributed by atoms with Crippen molar-refractivity contribution >= 4 is 14.3 Å². The van der Waals surface area contributed by atoms with E-state index in [1.807, 2.05) is 13.0 Å². The van der Waals surface area contributed by atoms with E-state index in [9.17, 15) is 4.79 Å². The Morgan fingerprint density at radius 3 is 2.50 bits per heavy atom. The molecule has 0 spiro atoms. The van der Waals surface area contributed by atoms with Crippen LogP contribution in [-0.2, 0) is 14.0 Å². The lowest BCUT2D eigenvalue weighted by Crippen LogP contribution is -2.47. The quantitative estimate of drug-likeness (QED) is 0.278. The highest BCUT2D eigenvalue weighted by atomic mass is 28.4. The van der Waals surface area contributed by atoms with E-state index >= 15 is 0 Å². The average molecular weight is 379 g/mol. The number of carbonyl (C=O) groups is 1. The predicted octanol–water partition coefficient (Wildman–Crippen LogP) is 6.04. The Hall–Kier alpha value is -1.13. The molecule has 0 saturated carbocycles. The Morgan fingerprint density at radius 2 is 1.96 bits per heavy atom. The van der Waals surface area contributed by atoms with Crippen LogP contribution in [0.4, 0.5) is 0 Å². The fourth-order valence-corrected chi connectivity index (χ4v) is 4.42. The first-order valence-electron chi connectivity index (χ1n) is 9.77. The Bertz CT molecular complexity index is 516. The van der Waals surface area contributed by atoms with E-state index in [0.717, 1.165) is 12.8 Å². The van der Waals surface area contributed by atoms with Crippen LogP contribution < -0.4 is 0 Å². The monoisotopic (exact) mass is 378 g/mol. The average Bonchev–Trinajstić information content (AvgIpc) is 2.49. The molecule has 0 aromatic rings. The number of hydrogen-bond donors (Lipinski definition) is 0. The van der Waals surface area contributed by atoms with Crippen LogP contribution in [0.3, 0.4) is 0 Å². The van der Waals surface area contributed by atoms with Crippen molar-refractivity contribution in [3.8, 4) is 0 Å². The van der Waals surface area contributed by atoms with Gasteiger partial charge in [0, 0.05) is 12.3 Å². The van der Waals surface area contributed by atoms with E-state index in [1.165, 1.54) is 0 Å². The summed E-state index contributed by atoms with van der Waals surface area (Å²) in [4.78, 5) is 12.5. The topological polar surface area (TPSA) is 35.5 Å². The Morgan fingerprint density at radius 1 is 1.31 bits per heavy atom. The largest absolute Gasteiger partial charge is 0.462 e. The van der Waals surface area contributed by atoms with Crippen LogP contribution >= 0.6 is 0 Å². The maximum atomic E-state index is 12.5. The van der Waals surface area contributed by atoms with Crippen LogP contribution in [0.5, 0.6) is 0 Å². The lowest BCUT2D eigenvalue weighted by atomic mass is 9.77. The number of carbonyl (C=O) groups excluding carboxylic acids is 1. The Labute approximate surface area is 161 Å². The van der Waals surface area contributed by atoms with Crippen molar-refractivity contribution in [2.75, 3.05) is 0 Å². The van der Waals surface area contributed by atoms with Gasteiger partial charge >= 0.3 is 5.97 Å². The molecule has 0 aromatic heterocycles. The van der Waals surface area contributed by atoms with Gasteiger partial charge in [-0.1, -0.05) is 45.1 Å². The van der Waals surface area contributed by atoms with Crippen molar-refractivity contribution in [1.82, 2.24) is 0 Å². The molecular weight excluding hydrogens is 340 g/mol. The second kappa shape index (κ2) is 9.70. The summed E-state index contributed by atoms with van der Waals surface area (Å²) in [6.45, 7) is 20.8. The predicted molar refractivity (Wildman–Crippen MR) is 113 cm³/mol. The van der Waals surface area contributed by atoms with Gasteiger partial charge in [-0.05, 0) is 43.8 Å². The zero-order chi connectivity index (χ0) is 20.0.